The number of benzene rings is 4. The molecule has 29 nitrogen and oxygen atoms in total. The number of hydrogen-bond acceptors (Lipinski definition) is 15. The van der Waals surface area contributed by atoms with E-state index in [-0.39, 0.29) is 144 Å². The van der Waals surface area contributed by atoms with Gasteiger partial charge in [0.2, 0.25) is 23.6 Å². The molecule has 0 aromatic heterocycles. The van der Waals surface area contributed by atoms with E-state index < -0.39 is 59.5 Å². The van der Waals surface area contributed by atoms with E-state index >= 15 is 0 Å². The summed E-state index contributed by atoms with van der Waals surface area (Å²) in [5, 5.41) is 18.8. The summed E-state index contributed by atoms with van der Waals surface area (Å²) < 4.78 is 21.6. The smallest absolute Gasteiger partial charge is 0.255 e. The third-order valence-electron chi connectivity index (χ3n) is 11.6. The average molecular weight is 1120 g/mol. The molecule has 0 aliphatic rings. The molecule has 3 atom stereocenters. The molecule has 21 N–H and O–H groups in total. The Morgan fingerprint density at radius 2 is 0.667 bits per heavy atom. The molecule has 0 spiro atoms. The Bertz CT molecular complexity index is 3030. The Labute approximate surface area is 465 Å². The Morgan fingerprint density at radius 1 is 0.407 bits per heavy atom. The zero-order chi connectivity index (χ0) is 59.8. The first kappa shape index (κ1) is 63.2. The molecule has 0 fully saturated rings. The quantitative estimate of drug-likeness (QED) is 0.0188. The number of ether oxygens (including phenoxy) is 4. The number of aliphatic imine (C=N–C) groups is 3. The van der Waals surface area contributed by atoms with Crippen molar-refractivity contribution >= 4 is 87.9 Å². The van der Waals surface area contributed by atoms with Crippen LogP contribution in [0.15, 0.2) is 87.8 Å². The molecule has 3 unspecified atom stereocenters. The fourth-order valence-electron chi connectivity index (χ4n) is 7.78. The van der Waals surface area contributed by atoms with E-state index in [9.17, 15) is 38.4 Å². The lowest BCUT2D eigenvalue weighted by Crippen LogP contribution is -2.44. The lowest BCUT2D eigenvalue weighted by Gasteiger charge is -2.21. The Hall–Kier alpha value is -10.4. The van der Waals surface area contributed by atoms with Gasteiger partial charge in [-0.05, 0) is 111 Å². The van der Waals surface area contributed by atoms with Gasteiger partial charge in [-0.1, -0.05) is 0 Å². The Morgan fingerprint density at radius 3 is 0.914 bits per heavy atom. The number of carbonyl (C=O) groups is 8. The standard InChI is InChI=1S/C52H69N17O12/c1-27(70)63-28-12-17-40(79-3)33(24-28)44(72)67-37(10-7-21-61-51(56)57)48(76)65-30-14-19-42(81-5)35(26-30)46(74)69-38(11-8-22-62-52(58)59)49(77)66-31-15-18-41(80-4)34(25-31)45(73)68-36(9-6-20-60-50(54)55)47(75)64-29-13-16-39(78-2)32(23-29)43(53)71/h12-19,23-26,36-38H,6-11,20-22H2,1-5H3,(H2,53,71)(H,63,70)(H,64,75)(H,65,76)(H,66,77)(H,67,72)(H,68,73)(H,69,74)(H4,54,55,60)(H4,56,57,61)(H4,58,59,62). The van der Waals surface area contributed by atoms with Gasteiger partial charge < -0.3 is 96.3 Å². The summed E-state index contributed by atoms with van der Waals surface area (Å²) in [5.41, 5.74) is 39.0. The predicted octanol–water partition coefficient (Wildman–Crippen LogP) is 0.150. The SMILES string of the molecule is COc1ccc(NC(=O)C(CCCN=C(N)N)NC(=O)c2cc(NC(=O)C(CCCN=C(N)N)NC(=O)c3cc(NC(=O)C(CCCN=C(N)N)NC(=O)c4cc(NC(C)=O)ccc4OC)ccc3OC)ccc2OC)cc1C(N)=O. The summed E-state index contributed by atoms with van der Waals surface area (Å²) >= 11 is 0. The summed E-state index contributed by atoms with van der Waals surface area (Å²) in [6, 6.07) is 13.2. The van der Waals surface area contributed by atoms with Crippen molar-refractivity contribution in [3.63, 3.8) is 0 Å². The summed E-state index contributed by atoms with van der Waals surface area (Å²) in [6.45, 7) is 1.60. The fourth-order valence-corrected chi connectivity index (χ4v) is 7.78. The number of primary amides is 1. The van der Waals surface area contributed by atoms with Crippen LogP contribution in [-0.2, 0) is 19.2 Å². The first-order valence-electron chi connectivity index (χ1n) is 24.9. The van der Waals surface area contributed by atoms with Crippen molar-refractivity contribution in [1.29, 1.82) is 0 Å². The normalized spacial score (nSPS) is 11.6. The van der Waals surface area contributed by atoms with Crippen LogP contribution >= 0.6 is 0 Å². The predicted molar refractivity (Wildman–Crippen MR) is 304 cm³/mol. The molecule has 0 saturated carbocycles. The van der Waals surface area contributed by atoms with Gasteiger partial charge in [0.1, 0.15) is 41.1 Å². The molecule has 4 rings (SSSR count). The van der Waals surface area contributed by atoms with Crippen LogP contribution in [0.1, 0.15) is 86.9 Å². The molecule has 434 valence electrons. The number of carbonyl (C=O) groups excluding carboxylic acids is 8. The van der Waals surface area contributed by atoms with Gasteiger partial charge in [0.05, 0.1) is 50.7 Å². The van der Waals surface area contributed by atoms with Crippen LogP contribution in [0.5, 0.6) is 23.0 Å². The molecule has 0 aliphatic carbocycles. The van der Waals surface area contributed by atoms with Crippen LogP contribution in [0, 0.1) is 0 Å². The second-order valence-electron chi connectivity index (χ2n) is 17.6. The fraction of sp³-hybridized carbons (Fsp3) is 0.327. The molecule has 81 heavy (non-hydrogen) atoms. The Kier molecular flexibility index (Phi) is 24.3. The second-order valence-corrected chi connectivity index (χ2v) is 17.6. The van der Waals surface area contributed by atoms with Crippen molar-refractivity contribution < 1.29 is 57.3 Å². The van der Waals surface area contributed by atoms with Crippen molar-refractivity contribution in [2.24, 2.45) is 55.1 Å². The number of rotatable bonds is 30. The number of guanidine groups is 3. The summed E-state index contributed by atoms with van der Waals surface area (Å²) in [7, 11) is 5.31. The monoisotopic (exact) mass is 1120 g/mol. The van der Waals surface area contributed by atoms with E-state index in [1.165, 1.54) is 108 Å². The maximum Gasteiger partial charge on any atom is 0.255 e. The van der Waals surface area contributed by atoms with E-state index in [4.69, 9.17) is 59.1 Å². The van der Waals surface area contributed by atoms with Crippen LogP contribution in [0.3, 0.4) is 0 Å². The Balaban J connectivity index is 1.61. The van der Waals surface area contributed by atoms with Crippen LogP contribution in [0.4, 0.5) is 22.7 Å². The van der Waals surface area contributed by atoms with Gasteiger partial charge in [0, 0.05) is 49.3 Å². The van der Waals surface area contributed by atoms with Gasteiger partial charge in [-0.15, -0.1) is 0 Å². The summed E-state index contributed by atoms with van der Waals surface area (Å²) in [4.78, 5) is 120. The molecule has 4 aromatic rings. The van der Waals surface area contributed by atoms with Crippen molar-refractivity contribution in [3.05, 3.63) is 95.1 Å². The van der Waals surface area contributed by atoms with E-state index in [0.717, 1.165) is 0 Å². The van der Waals surface area contributed by atoms with Gasteiger partial charge in [0.15, 0.2) is 17.9 Å². The molecule has 0 heterocycles. The van der Waals surface area contributed by atoms with Crippen LogP contribution in [0.25, 0.3) is 0 Å². The third kappa shape index (κ3) is 19.9. The first-order valence-corrected chi connectivity index (χ1v) is 24.9. The maximum atomic E-state index is 14.3. The highest BCUT2D eigenvalue weighted by molar-refractivity contribution is 6.07. The lowest BCUT2D eigenvalue weighted by atomic mass is 10.1. The molecule has 29 heteroatoms. The van der Waals surface area contributed by atoms with Gasteiger partial charge >= 0.3 is 0 Å². The van der Waals surface area contributed by atoms with Crippen molar-refractivity contribution in [2.75, 3.05) is 69.3 Å². The zero-order valence-electron chi connectivity index (χ0n) is 45.3. The molecule has 8 amide bonds. The summed E-state index contributed by atoms with van der Waals surface area (Å²) in [5.74, 6) is -5.80. The number of amides is 8. The number of nitrogens with zero attached hydrogens (tertiary/aromatic N) is 3. The second kappa shape index (κ2) is 31.2. The van der Waals surface area contributed by atoms with Crippen LogP contribution in [0.2, 0.25) is 0 Å². The molecular formula is C52H69N17O12. The van der Waals surface area contributed by atoms with E-state index in [2.05, 4.69) is 52.2 Å². The minimum Gasteiger partial charge on any atom is -0.496 e. The zero-order valence-corrected chi connectivity index (χ0v) is 45.3. The molecule has 4 aromatic carbocycles. The van der Waals surface area contributed by atoms with Gasteiger partial charge in [-0.3, -0.25) is 53.3 Å². The number of anilines is 4. The maximum absolute atomic E-state index is 14.3. The molecular weight excluding hydrogens is 1050 g/mol. The highest BCUT2D eigenvalue weighted by Gasteiger charge is 2.28. The van der Waals surface area contributed by atoms with E-state index in [0.29, 0.717) is 5.69 Å². The van der Waals surface area contributed by atoms with E-state index in [1.54, 1.807) is 0 Å². The van der Waals surface area contributed by atoms with Crippen LogP contribution < -0.4 is 96.3 Å². The number of methoxy groups -OCH3 is 4. The highest BCUT2D eigenvalue weighted by Crippen LogP contribution is 2.28. The van der Waals surface area contributed by atoms with Crippen LogP contribution in [-0.4, -0.2) is 131 Å². The largest absolute Gasteiger partial charge is 0.496 e. The average Bonchev–Trinajstić information content (AvgIpc) is 3.43. The van der Waals surface area contributed by atoms with Crippen molar-refractivity contribution in [2.45, 2.75) is 63.6 Å². The molecule has 0 radical (unpaired) electrons. The van der Waals surface area contributed by atoms with Crippen molar-refractivity contribution in [3.8, 4) is 23.0 Å². The molecule has 0 saturated heterocycles. The van der Waals surface area contributed by atoms with Gasteiger partial charge in [-0.2, -0.15) is 0 Å². The molecule has 0 bridgehead atoms. The van der Waals surface area contributed by atoms with Crippen molar-refractivity contribution in [1.82, 2.24) is 16.0 Å². The number of nitrogens with one attached hydrogen (secondary N) is 7. The number of nitrogens with two attached hydrogens (primary N) is 7. The topological polar surface area (TPSA) is 477 Å². The lowest BCUT2D eigenvalue weighted by molar-refractivity contribution is -0.118. The van der Waals surface area contributed by atoms with Gasteiger partial charge in [0.25, 0.3) is 23.6 Å². The third-order valence-corrected chi connectivity index (χ3v) is 11.6. The van der Waals surface area contributed by atoms with Gasteiger partial charge in [-0.25, -0.2) is 0 Å². The molecule has 0 aliphatic heterocycles. The minimum absolute atomic E-state index is 0.00551. The highest BCUT2D eigenvalue weighted by atomic mass is 16.5. The van der Waals surface area contributed by atoms with E-state index in [1.807, 2.05) is 0 Å². The summed E-state index contributed by atoms with van der Waals surface area (Å²) in [6.07, 6.45) is 0.702. The number of hydrogen-bond donors (Lipinski definition) is 14. The minimum atomic E-state index is -1.30. The first-order chi connectivity index (χ1) is 38.6.